The summed E-state index contributed by atoms with van der Waals surface area (Å²) in [7, 11) is -3.12. The molecule has 0 spiro atoms. The average Bonchev–Trinajstić information content (AvgIpc) is 2.58. The number of aliphatic hydroxyl groups is 1. The molecule has 1 rings (SSSR count). The number of rotatable bonds is 6. The molecule has 2 unspecified atom stereocenters. The first-order valence-corrected chi connectivity index (χ1v) is 6.51. The van der Waals surface area contributed by atoms with Gasteiger partial charge < -0.3 is 15.2 Å². The van der Waals surface area contributed by atoms with Crippen LogP contribution in [0.5, 0.6) is 0 Å². The van der Waals surface area contributed by atoms with Gasteiger partial charge in [0, 0.05) is 0 Å². The maximum atomic E-state index is 10.5. The van der Waals surface area contributed by atoms with Crippen molar-refractivity contribution in [3.8, 4) is 0 Å². The van der Waals surface area contributed by atoms with Gasteiger partial charge in [-0.05, 0) is 35.4 Å². The molecule has 0 aliphatic rings. The number of thiol groups is 1. The summed E-state index contributed by atoms with van der Waals surface area (Å²) in [5.74, 6) is -0.468. The van der Waals surface area contributed by atoms with E-state index in [-0.39, 0.29) is 11.8 Å². The Hall–Kier alpha value is -1.23. The molecule has 9 nitrogen and oxygen atoms in total. The molecule has 1 heterocycles. The van der Waals surface area contributed by atoms with Crippen LogP contribution >= 0.6 is 11.6 Å². The van der Waals surface area contributed by atoms with Crippen molar-refractivity contribution >= 4 is 28.4 Å². The van der Waals surface area contributed by atoms with E-state index < -0.39 is 33.4 Å². The third kappa shape index (κ3) is 4.13. The van der Waals surface area contributed by atoms with Gasteiger partial charge in [0.15, 0.2) is 0 Å². The fourth-order valence-corrected chi connectivity index (χ4v) is 1.98. The summed E-state index contributed by atoms with van der Waals surface area (Å²) in [6.45, 7) is 2.46. The third-order valence-electron chi connectivity index (χ3n) is 2.51. The maximum absolute atomic E-state index is 10.5. The second-order valence-electron chi connectivity index (χ2n) is 4.08. The summed E-state index contributed by atoms with van der Waals surface area (Å²) in [6, 6.07) is 0. The fraction of sp³-hybridized carbons (Fsp3) is 0.625. The molecule has 1 aromatic rings. The van der Waals surface area contributed by atoms with E-state index in [0.717, 1.165) is 10.8 Å². The van der Waals surface area contributed by atoms with E-state index in [0.29, 0.717) is 0 Å². The van der Waals surface area contributed by atoms with Gasteiger partial charge in [0.05, 0.1) is 6.54 Å². The van der Waals surface area contributed by atoms with Crippen LogP contribution in [0.4, 0.5) is 5.82 Å². The van der Waals surface area contributed by atoms with Crippen molar-refractivity contribution in [2.24, 2.45) is 0 Å². The molecule has 0 saturated carbocycles. The number of hydrogen-bond donors (Lipinski definition) is 2. The van der Waals surface area contributed by atoms with Crippen LogP contribution in [0.25, 0.3) is 0 Å². The zero-order chi connectivity index (χ0) is 14.8. The zero-order valence-electron chi connectivity index (χ0n) is 10.0. The van der Waals surface area contributed by atoms with Gasteiger partial charge in [0.2, 0.25) is 0 Å². The minimum Gasteiger partial charge on any atom is -0.386 e. The Morgan fingerprint density at radius 2 is 2.32 bits per heavy atom. The van der Waals surface area contributed by atoms with Crippen LogP contribution in [-0.2, 0) is 21.7 Å². The summed E-state index contributed by atoms with van der Waals surface area (Å²) in [5.41, 5.74) is -1.60. The van der Waals surface area contributed by atoms with Crippen molar-refractivity contribution in [2.45, 2.75) is 32.1 Å². The molecular formula is C8H12ClN3O6S. The Kier molecular flexibility index (Phi) is 4.85. The average molecular weight is 314 g/mol. The monoisotopic (exact) mass is 313 g/mol. The molecule has 19 heavy (non-hydrogen) atoms. The number of nitrogens with zero attached hydrogens (tertiary/aromatic N) is 3. The van der Waals surface area contributed by atoms with Gasteiger partial charge in [0.1, 0.15) is 17.9 Å². The van der Waals surface area contributed by atoms with Crippen LogP contribution in [0.2, 0.25) is 5.28 Å². The van der Waals surface area contributed by atoms with Gasteiger partial charge in [0.25, 0.3) is 11.0 Å². The van der Waals surface area contributed by atoms with Crippen LogP contribution in [0.15, 0.2) is 6.20 Å². The first-order valence-electron chi connectivity index (χ1n) is 5.04. The van der Waals surface area contributed by atoms with E-state index >= 15 is 0 Å². The summed E-state index contributed by atoms with van der Waals surface area (Å²) in [4.78, 5) is 13.3. The van der Waals surface area contributed by atoms with Crippen LogP contribution in [0.1, 0.15) is 13.8 Å². The van der Waals surface area contributed by atoms with Crippen molar-refractivity contribution in [2.75, 3.05) is 0 Å². The molecule has 1 N–H and O–H groups in total. The number of hydrogen-bond acceptors (Lipinski definition) is 7. The smallest absolute Gasteiger partial charge is 0.383 e. The summed E-state index contributed by atoms with van der Waals surface area (Å²) < 4.78 is 26.5. The lowest BCUT2D eigenvalue weighted by Gasteiger charge is -2.28. The number of nitro groups is 1. The lowest BCUT2D eigenvalue weighted by molar-refractivity contribution is -0.389. The van der Waals surface area contributed by atoms with Crippen LogP contribution < -0.4 is 0 Å². The van der Waals surface area contributed by atoms with Crippen LogP contribution in [-0.4, -0.2) is 39.7 Å². The maximum Gasteiger partial charge on any atom is 0.383 e. The second kappa shape index (κ2) is 5.82. The van der Waals surface area contributed by atoms with Gasteiger partial charge in [-0.1, -0.05) is 0 Å². The largest absolute Gasteiger partial charge is 0.386 e. The van der Waals surface area contributed by atoms with E-state index in [1.54, 1.807) is 0 Å². The van der Waals surface area contributed by atoms with Gasteiger partial charge in [-0.25, -0.2) is 8.42 Å². The molecule has 2 atom stereocenters. The first-order chi connectivity index (χ1) is 8.63. The van der Waals surface area contributed by atoms with Crippen molar-refractivity contribution in [1.82, 2.24) is 9.55 Å². The molecule has 1 aromatic heterocycles. The van der Waals surface area contributed by atoms with Gasteiger partial charge >= 0.3 is 11.1 Å². The molecular weight excluding hydrogens is 302 g/mol. The van der Waals surface area contributed by atoms with Crippen molar-refractivity contribution in [3.63, 3.8) is 0 Å². The number of halogens is 1. The second-order valence-corrected chi connectivity index (χ2v) is 5.08. The predicted octanol–water partition coefficient (Wildman–Crippen LogP) is 0.127. The van der Waals surface area contributed by atoms with Crippen molar-refractivity contribution in [3.05, 3.63) is 21.6 Å². The first kappa shape index (κ1) is 15.8. The third-order valence-corrected chi connectivity index (χ3v) is 3.30. The van der Waals surface area contributed by atoms with Gasteiger partial charge in [-0.15, -0.1) is 0 Å². The Bertz CT molecular complexity index is 547. The number of aromatic nitrogens is 2. The lowest BCUT2D eigenvalue weighted by atomic mass is 10.0. The van der Waals surface area contributed by atoms with E-state index in [1.165, 1.54) is 13.8 Å². The molecule has 0 aliphatic carbocycles. The quantitative estimate of drug-likeness (QED) is 0.434. The molecule has 0 fully saturated rings. The zero-order valence-corrected chi connectivity index (χ0v) is 11.7. The lowest BCUT2D eigenvalue weighted by Crippen LogP contribution is -2.42. The predicted molar refractivity (Wildman–Crippen MR) is 65.4 cm³/mol. The highest BCUT2D eigenvalue weighted by Crippen LogP contribution is 2.21. The van der Waals surface area contributed by atoms with Crippen LogP contribution in [0, 0.1) is 10.1 Å². The van der Waals surface area contributed by atoms with E-state index in [4.69, 9.17) is 11.6 Å². The molecule has 108 valence electrons. The Morgan fingerprint density at radius 3 is 2.74 bits per heavy atom. The molecule has 0 bridgehead atoms. The highest BCUT2D eigenvalue weighted by molar-refractivity contribution is 7.67. The summed E-state index contributed by atoms with van der Waals surface area (Å²) in [5, 5.41) is 20.4. The molecule has 0 aliphatic heterocycles. The number of imidazole rings is 1. The molecule has 0 amide bonds. The van der Waals surface area contributed by atoms with Crippen molar-refractivity contribution < 1.29 is 22.6 Å². The SMILES string of the molecule is CC(O[SH](=O)=O)C(C)(O)Cn1cc([N+](=O)[O-])nc1Cl. The normalized spacial score (nSPS) is 16.3. The fourth-order valence-electron chi connectivity index (χ4n) is 1.30. The summed E-state index contributed by atoms with van der Waals surface area (Å²) >= 11 is 5.68. The van der Waals surface area contributed by atoms with Gasteiger partial charge in [-0.2, -0.15) is 0 Å². The Morgan fingerprint density at radius 1 is 1.74 bits per heavy atom. The topological polar surface area (TPSA) is 125 Å². The molecule has 0 radical (unpaired) electrons. The minimum atomic E-state index is -3.12. The molecule has 0 aromatic carbocycles. The minimum absolute atomic E-state index is 0.189. The summed E-state index contributed by atoms with van der Waals surface area (Å²) in [6.07, 6.45) is -0.00748. The molecule has 0 saturated heterocycles. The molecule has 11 heteroatoms. The highest BCUT2D eigenvalue weighted by Gasteiger charge is 2.33. The Balaban J connectivity index is 2.91. The Labute approximate surface area is 115 Å². The van der Waals surface area contributed by atoms with Crippen LogP contribution in [0.3, 0.4) is 0 Å². The standard InChI is InChI=1S/C8H12ClN3O6S/c1-5(18-19(16)17)8(2,13)4-11-3-6(12(14)15)10-7(11)9/h3,5,13,19H,4H2,1-2H3. The highest BCUT2D eigenvalue weighted by atomic mass is 35.5. The van der Waals surface area contributed by atoms with E-state index in [2.05, 4.69) is 9.17 Å². The van der Waals surface area contributed by atoms with Gasteiger partial charge in [-0.3, -0.25) is 8.75 Å². The van der Waals surface area contributed by atoms with E-state index in [1.807, 2.05) is 0 Å². The van der Waals surface area contributed by atoms with Crippen molar-refractivity contribution in [1.29, 1.82) is 0 Å². The van der Waals surface area contributed by atoms with E-state index in [9.17, 15) is 23.6 Å².